The van der Waals surface area contributed by atoms with Crippen LogP contribution in [0.15, 0.2) is 24.3 Å². The van der Waals surface area contributed by atoms with Crippen molar-refractivity contribution in [3.05, 3.63) is 35.4 Å². The van der Waals surface area contributed by atoms with Gasteiger partial charge in [0.2, 0.25) is 0 Å². The standard InChI is InChI=1S/C8H10.C3H8O2/c1-7-5-3-4-6-8(7)2;1-3(5)2-4/h3-6H,1-2H3;3-5H,2H2,1H3. The molecule has 1 atom stereocenters. The molecular formula is C11H18O2. The van der Waals surface area contributed by atoms with Gasteiger partial charge in [-0.05, 0) is 31.9 Å². The van der Waals surface area contributed by atoms with E-state index in [1.165, 1.54) is 18.1 Å². The van der Waals surface area contributed by atoms with Crippen LogP contribution in [0.3, 0.4) is 0 Å². The highest BCUT2D eigenvalue weighted by Crippen LogP contribution is 2.02. The molecule has 0 aromatic heterocycles. The number of aliphatic hydroxyl groups is 2. The molecule has 0 bridgehead atoms. The lowest BCUT2D eigenvalue weighted by molar-refractivity contribution is 0.110. The van der Waals surface area contributed by atoms with E-state index in [4.69, 9.17) is 10.2 Å². The fourth-order valence-electron chi connectivity index (χ4n) is 0.663. The first-order valence-corrected chi connectivity index (χ1v) is 4.39. The van der Waals surface area contributed by atoms with E-state index in [-0.39, 0.29) is 6.61 Å². The molecule has 0 amide bonds. The first-order chi connectivity index (χ1) is 6.07. The van der Waals surface area contributed by atoms with Crippen molar-refractivity contribution in [2.24, 2.45) is 0 Å². The lowest BCUT2D eigenvalue weighted by atomic mass is 10.1. The maximum Gasteiger partial charge on any atom is 0.0742 e. The Morgan fingerprint density at radius 3 is 1.62 bits per heavy atom. The fourth-order valence-corrected chi connectivity index (χ4v) is 0.663. The summed E-state index contributed by atoms with van der Waals surface area (Å²) < 4.78 is 0. The van der Waals surface area contributed by atoms with E-state index in [1.807, 2.05) is 0 Å². The summed E-state index contributed by atoms with van der Waals surface area (Å²) in [5.41, 5.74) is 2.74. The third-order valence-corrected chi connectivity index (χ3v) is 1.69. The van der Waals surface area contributed by atoms with Crippen LogP contribution < -0.4 is 0 Å². The van der Waals surface area contributed by atoms with E-state index in [1.54, 1.807) is 0 Å². The molecule has 1 aromatic carbocycles. The SMILES string of the molecule is CC(O)CO.Cc1ccccc1C. The van der Waals surface area contributed by atoms with Gasteiger partial charge in [-0.1, -0.05) is 24.3 Å². The van der Waals surface area contributed by atoms with E-state index >= 15 is 0 Å². The molecule has 2 N–H and O–H groups in total. The van der Waals surface area contributed by atoms with Crippen LogP contribution in [0, 0.1) is 13.8 Å². The second-order valence-electron chi connectivity index (χ2n) is 3.12. The van der Waals surface area contributed by atoms with Crippen molar-refractivity contribution in [3.63, 3.8) is 0 Å². The van der Waals surface area contributed by atoms with Gasteiger partial charge in [-0.15, -0.1) is 0 Å². The molecule has 0 fully saturated rings. The summed E-state index contributed by atoms with van der Waals surface area (Å²) in [7, 11) is 0. The van der Waals surface area contributed by atoms with Gasteiger partial charge in [0.1, 0.15) is 0 Å². The van der Waals surface area contributed by atoms with E-state index in [9.17, 15) is 0 Å². The quantitative estimate of drug-likeness (QED) is 0.693. The van der Waals surface area contributed by atoms with Crippen molar-refractivity contribution in [1.29, 1.82) is 0 Å². The normalized spacial score (nSPS) is 11.5. The summed E-state index contributed by atoms with van der Waals surface area (Å²) >= 11 is 0. The Labute approximate surface area is 79.9 Å². The molecule has 0 radical (unpaired) electrons. The van der Waals surface area contributed by atoms with Crippen molar-refractivity contribution in [3.8, 4) is 0 Å². The average Bonchev–Trinajstić information content (AvgIpc) is 2.11. The molecule has 0 aliphatic carbocycles. The highest BCUT2D eigenvalue weighted by atomic mass is 16.3. The third kappa shape index (κ3) is 6.31. The summed E-state index contributed by atoms with van der Waals surface area (Å²) in [6.07, 6.45) is -0.560. The second-order valence-corrected chi connectivity index (χ2v) is 3.12. The van der Waals surface area contributed by atoms with Crippen LogP contribution in [-0.4, -0.2) is 22.9 Å². The zero-order valence-corrected chi connectivity index (χ0v) is 8.49. The third-order valence-electron chi connectivity index (χ3n) is 1.69. The minimum atomic E-state index is -0.560. The molecule has 0 saturated heterocycles. The molecule has 0 aliphatic rings. The van der Waals surface area contributed by atoms with Gasteiger partial charge in [-0.25, -0.2) is 0 Å². The fraction of sp³-hybridized carbons (Fsp3) is 0.455. The average molecular weight is 182 g/mol. The number of hydrogen-bond donors (Lipinski definition) is 2. The molecule has 74 valence electrons. The summed E-state index contributed by atoms with van der Waals surface area (Å²) in [6, 6.07) is 8.36. The van der Waals surface area contributed by atoms with Crippen LogP contribution in [0.4, 0.5) is 0 Å². The lowest BCUT2D eigenvalue weighted by Crippen LogP contribution is -2.03. The molecule has 2 nitrogen and oxygen atoms in total. The first-order valence-electron chi connectivity index (χ1n) is 4.39. The van der Waals surface area contributed by atoms with Crippen molar-refractivity contribution >= 4 is 0 Å². The Balaban J connectivity index is 0.000000252. The Bertz CT molecular complexity index is 210. The van der Waals surface area contributed by atoms with Gasteiger partial charge in [0.05, 0.1) is 12.7 Å². The minimum Gasteiger partial charge on any atom is -0.394 e. The number of rotatable bonds is 1. The maximum absolute atomic E-state index is 8.11. The summed E-state index contributed by atoms with van der Waals surface area (Å²) in [4.78, 5) is 0. The molecule has 0 aliphatic heterocycles. The van der Waals surface area contributed by atoms with E-state index in [0.717, 1.165) is 0 Å². The van der Waals surface area contributed by atoms with Gasteiger partial charge < -0.3 is 10.2 Å². The predicted octanol–water partition coefficient (Wildman–Crippen LogP) is 1.66. The largest absolute Gasteiger partial charge is 0.394 e. The van der Waals surface area contributed by atoms with Gasteiger partial charge in [-0.3, -0.25) is 0 Å². The summed E-state index contributed by atoms with van der Waals surface area (Å²) in [6.45, 7) is 5.63. The van der Waals surface area contributed by atoms with Gasteiger partial charge in [0.25, 0.3) is 0 Å². The smallest absolute Gasteiger partial charge is 0.0742 e. The van der Waals surface area contributed by atoms with Crippen molar-refractivity contribution in [1.82, 2.24) is 0 Å². The van der Waals surface area contributed by atoms with Crippen LogP contribution in [0.25, 0.3) is 0 Å². The summed E-state index contributed by atoms with van der Waals surface area (Å²) in [5, 5.41) is 16.0. The van der Waals surface area contributed by atoms with Gasteiger partial charge >= 0.3 is 0 Å². The van der Waals surface area contributed by atoms with Gasteiger partial charge in [0.15, 0.2) is 0 Å². The number of aryl methyl sites for hydroxylation is 2. The van der Waals surface area contributed by atoms with Crippen molar-refractivity contribution in [2.75, 3.05) is 6.61 Å². The highest BCUT2D eigenvalue weighted by Gasteiger charge is 1.84. The minimum absolute atomic E-state index is 0.139. The Kier molecular flexibility index (Phi) is 6.20. The first kappa shape index (κ1) is 12.1. The second kappa shape index (κ2) is 6.63. The van der Waals surface area contributed by atoms with Crippen LogP contribution in [-0.2, 0) is 0 Å². The molecule has 13 heavy (non-hydrogen) atoms. The Morgan fingerprint density at radius 1 is 1.15 bits per heavy atom. The van der Waals surface area contributed by atoms with Crippen LogP contribution in [0.2, 0.25) is 0 Å². The molecule has 0 spiro atoms. The van der Waals surface area contributed by atoms with Crippen LogP contribution in [0.1, 0.15) is 18.1 Å². The van der Waals surface area contributed by atoms with Crippen molar-refractivity contribution < 1.29 is 10.2 Å². The van der Waals surface area contributed by atoms with Crippen molar-refractivity contribution in [2.45, 2.75) is 26.9 Å². The van der Waals surface area contributed by atoms with Gasteiger partial charge in [0, 0.05) is 0 Å². The van der Waals surface area contributed by atoms with E-state index in [0.29, 0.717) is 0 Å². The van der Waals surface area contributed by atoms with Gasteiger partial charge in [-0.2, -0.15) is 0 Å². The number of benzene rings is 1. The lowest BCUT2D eigenvalue weighted by Gasteiger charge is -1.93. The zero-order chi connectivity index (χ0) is 10.3. The highest BCUT2D eigenvalue weighted by molar-refractivity contribution is 5.23. The molecule has 0 heterocycles. The van der Waals surface area contributed by atoms with E-state index < -0.39 is 6.10 Å². The molecule has 1 unspecified atom stereocenters. The van der Waals surface area contributed by atoms with E-state index in [2.05, 4.69) is 38.1 Å². The molecule has 2 heteroatoms. The summed E-state index contributed by atoms with van der Waals surface area (Å²) in [5.74, 6) is 0. The molecular weight excluding hydrogens is 164 g/mol. The number of aliphatic hydroxyl groups excluding tert-OH is 2. The number of hydrogen-bond acceptors (Lipinski definition) is 2. The zero-order valence-electron chi connectivity index (χ0n) is 8.49. The Morgan fingerprint density at radius 2 is 1.46 bits per heavy atom. The maximum atomic E-state index is 8.11. The monoisotopic (exact) mass is 182 g/mol. The molecule has 1 aromatic rings. The topological polar surface area (TPSA) is 40.5 Å². The molecule has 0 saturated carbocycles. The predicted molar refractivity (Wildman–Crippen MR) is 54.7 cm³/mol. The molecule has 1 rings (SSSR count). The Hall–Kier alpha value is -0.860. The van der Waals surface area contributed by atoms with Crippen LogP contribution >= 0.6 is 0 Å². The van der Waals surface area contributed by atoms with Crippen LogP contribution in [0.5, 0.6) is 0 Å².